The van der Waals surface area contributed by atoms with Gasteiger partial charge in [-0.3, -0.25) is 5.32 Å². The molecule has 1 saturated carbocycles. The van der Waals surface area contributed by atoms with E-state index in [4.69, 9.17) is 5.11 Å². The molecule has 3 rings (SSSR count). The highest BCUT2D eigenvalue weighted by Gasteiger charge is 2.32. The Balaban J connectivity index is 1.73. The van der Waals surface area contributed by atoms with Crippen LogP contribution in [0.2, 0.25) is 0 Å². The summed E-state index contributed by atoms with van der Waals surface area (Å²) >= 11 is 0. The van der Waals surface area contributed by atoms with Crippen molar-refractivity contribution in [2.24, 2.45) is 0 Å². The van der Waals surface area contributed by atoms with Crippen molar-refractivity contribution in [3.63, 3.8) is 0 Å². The molecule has 2 amide bonds. The Labute approximate surface area is 142 Å². The number of nitrogens with zero attached hydrogens (tertiary/aromatic N) is 3. The van der Waals surface area contributed by atoms with Gasteiger partial charge in [-0.2, -0.15) is 5.10 Å². The van der Waals surface area contributed by atoms with Crippen molar-refractivity contribution in [2.45, 2.75) is 38.6 Å². The summed E-state index contributed by atoms with van der Waals surface area (Å²) in [5.41, 5.74) is 2.05. The smallest absolute Gasteiger partial charge is 0.323 e. The van der Waals surface area contributed by atoms with Gasteiger partial charge in [0.25, 0.3) is 0 Å². The van der Waals surface area contributed by atoms with Crippen molar-refractivity contribution in [1.82, 2.24) is 14.7 Å². The van der Waals surface area contributed by atoms with Crippen LogP contribution in [0.1, 0.15) is 31.2 Å². The molecule has 1 fully saturated rings. The lowest BCUT2D eigenvalue weighted by Crippen LogP contribution is -2.38. The highest BCUT2D eigenvalue weighted by molar-refractivity contribution is 5.89. The van der Waals surface area contributed by atoms with Gasteiger partial charge in [-0.15, -0.1) is 0 Å². The Morgan fingerprint density at radius 2 is 2.12 bits per heavy atom. The lowest BCUT2D eigenvalue weighted by atomic mass is 10.2. The van der Waals surface area contributed by atoms with Crippen molar-refractivity contribution < 1.29 is 9.90 Å². The summed E-state index contributed by atoms with van der Waals surface area (Å²) in [6.07, 6.45) is 5.34. The molecule has 0 unspecified atom stereocenters. The number of para-hydroxylation sites is 1. The Morgan fingerprint density at radius 1 is 1.33 bits per heavy atom. The van der Waals surface area contributed by atoms with Crippen molar-refractivity contribution in [3.8, 4) is 5.69 Å². The number of rotatable bonds is 7. The molecular formula is C18H24N4O2. The molecule has 1 heterocycles. The summed E-state index contributed by atoms with van der Waals surface area (Å²) in [6.45, 7) is 2.86. The van der Waals surface area contributed by atoms with Crippen LogP contribution in [0.4, 0.5) is 10.6 Å². The molecule has 6 nitrogen and oxygen atoms in total. The van der Waals surface area contributed by atoms with Crippen molar-refractivity contribution >= 4 is 11.8 Å². The van der Waals surface area contributed by atoms with Gasteiger partial charge >= 0.3 is 6.03 Å². The standard InChI is InChI=1S/C18H24N4O2/c1-14-6-2-3-7-16(14)22-17(10-11-19-22)20-18(24)21(15-8-9-15)12-4-5-13-23/h2-3,6-7,10-11,15,23H,4-5,8-9,12-13H2,1H3,(H,20,24). The number of aromatic nitrogens is 2. The molecule has 1 aliphatic carbocycles. The van der Waals surface area contributed by atoms with E-state index in [0.717, 1.165) is 36.9 Å². The van der Waals surface area contributed by atoms with E-state index in [1.54, 1.807) is 10.9 Å². The van der Waals surface area contributed by atoms with E-state index in [1.165, 1.54) is 0 Å². The van der Waals surface area contributed by atoms with E-state index >= 15 is 0 Å². The number of benzene rings is 1. The molecule has 0 aliphatic heterocycles. The average molecular weight is 328 g/mol. The van der Waals surface area contributed by atoms with Crippen molar-refractivity contribution in [2.75, 3.05) is 18.5 Å². The second-order valence-electron chi connectivity index (χ2n) is 6.20. The monoisotopic (exact) mass is 328 g/mol. The number of amides is 2. The first-order valence-corrected chi connectivity index (χ1v) is 8.49. The molecule has 1 aromatic heterocycles. The number of hydrogen-bond acceptors (Lipinski definition) is 3. The molecule has 0 radical (unpaired) electrons. The van der Waals surface area contributed by atoms with Gasteiger partial charge in [-0.05, 0) is 44.2 Å². The average Bonchev–Trinajstić information content (AvgIpc) is 3.31. The number of unbranched alkanes of at least 4 members (excludes halogenated alkanes) is 1. The van der Waals surface area contributed by atoms with Crippen LogP contribution in [-0.2, 0) is 0 Å². The molecule has 2 aromatic rings. The van der Waals surface area contributed by atoms with Crippen LogP contribution in [0.3, 0.4) is 0 Å². The zero-order valence-electron chi connectivity index (χ0n) is 14.0. The van der Waals surface area contributed by atoms with Gasteiger partial charge in [0, 0.05) is 25.3 Å². The number of aryl methyl sites for hydroxylation is 1. The quantitative estimate of drug-likeness (QED) is 0.768. The fourth-order valence-corrected chi connectivity index (χ4v) is 2.80. The molecular weight excluding hydrogens is 304 g/mol. The van der Waals surface area contributed by atoms with E-state index in [0.29, 0.717) is 18.4 Å². The lowest BCUT2D eigenvalue weighted by molar-refractivity contribution is 0.203. The number of aliphatic hydroxyl groups is 1. The maximum absolute atomic E-state index is 12.7. The molecule has 0 saturated heterocycles. The molecule has 2 N–H and O–H groups in total. The Bertz CT molecular complexity index is 694. The van der Waals surface area contributed by atoms with Gasteiger partial charge < -0.3 is 10.0 Å². The SMILES string of the molecule is Cc1ccccc1-n1nccc1NC(=O)N(CCCCO)C1CC1. The number of aliphatic hydroxyl groups excluding tert-OH is 1. The van der Waals surface area contributed by atoms with Crippen molar-refractivity contribution in [1.29, 1.82) is 0 Å². The molecule has 1 aromatic carbocycles. The molecule has 1 aliphatic rings. The van der Waals surface area contributed by atoms with Crippen LogP contribution in [0.5, 0.6) is 0 Å². The Hall–Kier alpha value is -2.34. The Kier molecular flexibility index (Phi) is 5.15. The number of carbonyl (C=O) groups excluding carboxylic acids is 1. The van der Waals surface area contributed by atoms with Crippen LogP contribution < -0.4 is 5.32 Å². The van der Waals surface area contributed by atoms with Crippen LogP contribution in [0.15, 0.2) is 36.5 Å². The molecule has 6 heteroatoms. The number of urea groups is 1. The third-order valence-electron chi connectivity index (χ3n) is 4.28. The first-order chi connectivity index (χ1) is 11.7. The topological polar surface area (TPSA) is 70.4 Å². The summed E-state index contributed by atoms with van der Waals surface area (Å²) in [6, 6.07) is 10.00. The van der Waals surface area contributed by atoms with Crippen LogP contribution >= 0.6 is 0 Å². The molecule has 24 heavy (non-hydrogen) atoms. The summed E-state index contributed by atoms with van der Waals surface area (Å²) < 4.78 is 1.76. The minimum Gasteiger partial charge on any atom is -0.396 e. The maximum Gasteiger partial charge on any atom is 0.323 e. The van der Waals surface area contributed by atoms with E-state index in [-0.39, 0.29) is 12.6 Å². The number of carbonyl (C=O) groups is 1. The second kappa shape index (κ2) is 7.49. The largest absolute Gasteiger partial charge is 0.396 e. The third-order valence-corrected chi connectivity index (χ3v) is 4.28. The molecule has 0 bridgehead atoms. The maximum atomic E-state index is 12.7. The van der Waals surface area contributed by atoms with Gasteiger partial charge in [0.05, 0.1) is 11.9 Å². The van der Waals surface area contributed by atoms with E-state index in [9.17, 15) is 4.79 Å². The second-order valence-corrected chi connectivity index (χ2v) is 6.20. The van der Waals surface area contributed by atoms with E-state index < -0.39 is 0 Å². The van der Waals surface area contributed by atoms with Gasteiger partial charge in [-0.25, -0.2) is 9.48 Å². The van der Waals surface area contributed by atoms with Gasteiger partial charge in [-0.1, -0.05) is 18.2 Å². The molecule has 0 atom stereocenters. The van der Waals surface area contributed by atoms with Gasteiger partial charge in [0.2, 0.25) is 0 Å². The number of nitrogens with one attached hydrogen (secondary N) is 1. The first kappa shape index (κ1) is 16.5. The minimum atomic E-state index is -0.0919. The van der Waals surface area contributed by atoms with E-state index in [2.05, 4.69) is 10.4 Å². The summed E-state index contributed by atoms with van der Waals surface area (Å²) in [5, 5.41) is 16.3. The highest BCUT2D eigenvalue weighted by atomic mass is 16.3. The van der Waals surface area contributed by atoms with Crippen LogP contribution in [0, 0.1) is 6.92 Å². The molecule has 128 valence electrons. The predicted molar refractivity (Wildman–Crippen MR) is 93.4 cm³/mol. The van der Waals surface area contributed by atoms with Gasteiger partial charge in [0.1, 0.15) is 5.82 Å². The normalized spacial score (nSPS) is 13.8. The van der Waals surface area contributed by atoms with Crippen LogP contribution in [0.25, 0.3) is 5.69 Å². The highest BCUT2D eigenvalue weighted by Crippen LogP contribution is 2.28. The van der Waals surface area contributed by atoms with E-state index in [1.807, 2.05) is 42.2 Å². The Morgan fingerprint density at radius 3 is 2.83 bits per heavy atom. The zero-order chi connectivity index (χ0) is 16.9. The first-order valence-electron chi connectivity index (χ1n) is 8.49. The number of anilines is 1. The van der Waals surface area contributed by atoms with Crippen molar-refractivity contribution in [3.05, 3.63) is 42.1 Å². The molecule has 0 spiro atoms. The zero-order valence-corrected chi connectivity index (χ0v) is 14.0. The van der Waals surface area contributed by atoms with Crippen LogP contribution in [-0.4, -0.2) is 45.0 Å². The van der Waals surface area contributed by atoms with Gasteiger partial charge in [0.15, 0.2) is 0 Å². The predicted octanol–water partition coefficient (Wildman–Crippen LogP) is 2.95. The fraction of sp³-hybridized carbons (Fsp3) is 0.444. The summed E-state index contributed by atoms with van der Waals surface area (Å²) in [5.74, 6) is 0.669. The fourth-order valence-electron chi connectivity index (χ4n) is 2.80. The minimum absolute atomic E-state index is 0.0919. The number of hydrogen-bond donors (Lipinski definition) is 2. The summed E-state index contributed by atoms with van der Waals surface area (Å²) in [7, 11) is 0. The summed E-state index contributed by atoms with van der Waals surface area (Å²) in [4.78, 5) is 14.5. The lowest BCUT2D eigenvalue weighted by Gasteiger charge is -2.23. The third kappa shape index (κ3) is 3.76.